The standard InChI is InChI=1S/C13H14O2/c1-4-10-9(3)15-11-7-5-6-8(2)12(11)13(10)14/h5-7H,4H2,1-3H3. The fourth-order valence-electron chi connectivity index (χ4n) is 1.96. The topological polar surface area (TPSA) is 30.2 Å². The molecular weight excluding hydrogens is 188 g/mol. The van der Waals surface area contributed by atoms with Crippen molar-refractivity contribution in [3.05, 3.63) is 45.3 Å². The molecule has 2 heteroatoms. The fraction of sp³-hybridized carbons (Fsp3) is 0.308. The molecular formula is C13H14O2. The highest BCUT2D eigenvalue weighted by Crippen LogP contribution is 2.18. The largest absolute Gasteiger partial charge is 0.461 e. The van der Waals surface area contributed by atoms with Crippen LogP contribution in [-0.2, 0) is 6.42 Å². The average molecular weight is 202 g/mol. The van der Waals surface area contributed by atoms with Gasteiger partial charge in [-0.1, -0.05) is 19.1 Å². The van der Waals surface area contributed by atoms with Crippen LogP contribution in [0.5, 0.6) is 0 Å². The lowest BCUT2D eigenvalue weighted by Crippen LogP contribution is -2.11. The Morgan fingerprint density at radius 3 is 2.67 bits per heavy atom. The van der Waals surface area contributed by atoms with Crippen molar-refractivity contribution < 1.29 is 4.42 Å². The van der Waals surface area contributed by atoms with Gasteiger partial charge in [-0.3, -0.25) is 4.79 Å². The highest BCUT2D eigenvalue weighted by atomic mass is 16.3. The zero-order chi connectivity index (χ0) is 11.0. The predicted octanol–water partition coefficient (Wildman–Crippen LogP) is 2.97. The Morgan fingerprint density at radius 1 is 1.27 bits per heavy atom. The van der Waals surface area contributed by atoms with Crippen LogP contribution in [0.3, 0.4) is 0 Å². The average Bonchev–Trinajstić information content (AvgIpc) is 2.17. The van der Waals surface area contributed by atoms with Crippen molar-refractivity contribution in [1.82, 2.24) is 0 Å². The SMILES string of the molecule is CCc1c(C)oc2cccc(C)c2c1=O. The maximum Gasteiger partial charge on any atom is 0.196 e. The van der Waals surface area contributed by atoms with Crippen LogP contribution in [0.15, 0.2) is 27.4 Å². The van der Waals surface area contributed by atoms with Crippen molar-refractivity contribution >= 4 is 11.0 Å². The first-order chi connectivity index (χ1) is 7.15. The minimum absolute atomic E-state index is 0.120. The third-order valence-corrected chi connectivity index (χ3v) is 2.78. The van der Waals surface area contributed by atoms with Crippen molar-refractivity contribution in [2.24, 2.45) is 0 Å². The van der Waals surface area contributed by atoms with E-state index in [2.05, 4.69) is 0 Å². The van der Waals surface area contributed by atoms with Gasteiger partial charge in [-0.05, 0) is 31.9 Å². The van der Waals surface area contributed by atoms with E-state index in [0.29, 0.717) is 5.58 Å². The predicted molar refractivity (Wildman–Crippen MR) is 61.3 cm³/mol. The Balaban J connectivity index is 2.99. The van der Waals surface area contributed by atoms with Gasteiger partial charge in [0.05, 0.1) is 5.39 Å². The normalized spacial score (nSPS) is 10.9. The summed E-state index contributed by atoms with van der Waals surface area (Å²) in [5.74, 6) is 0.737. The van der Waals surface area contributed by atoms with Crippen molar-refractivity contribution in [1.29, 1.82) is 0 Å². The Labute approximate surface area is 88.5 Å². The molecule has 1 heterocycles. The lowest BCUT2D eigenvalue weighted by molar-refractivity contribution is 0.555. The monoisotopic (exact) mass is 202 g/mol. The first kappa shape index (κ1) is 9.97. The number of fused-ring (bicyclic) bond motifs is 1. The van der Waals surface area contributed by atoms with E-state index in [1.165, 1.54) is 0 Å². The van der Waals surface area contributed by atoms with Gasteiger partial charge in [-0.2, -0.15) is 0 Å². The molecule has 1 aromatic heterocycles. The van der Waals surface area contributed by atoms with Crippen LogP contribution in [0.25, 0.3) is 11.0 Å². The molecule has 0 N–H and O–H groups in total. The minimum Gasteiger partial charge on any atom is -0.461 e. The third kappa shape index (κ3) is 1.46. The summed E-state index contributed by atoms with van der Waals surface area (Å²) in [4.78, 5) is 12.1. The number of rotatable bonds is 1. The zero-order valence-corrected chi connectivity index (χ0v) is 9.26. The summed E-state index contributed by atoms with van der Waals surface area (Å²) in [6.45, 7) is 5.76. The molecule has 0 bridgehead atoms. The van der Waals surface area contributed by atoms with Crippen LogP contribution < -0.4 is 5.43 Å². The van der Waals surface area contributed by atoms with Gasteiger partial charge in [0, 0.05) is 5.56 Å². The van der Waals surface area contributed by atoms with E-state index in [1.54, 1.807) is 0 Å². The van der Waals surface area contributed by atoms with Crippen molar-refractivity contribution in [2.75, 3.05) is 0 Å². The van der Waals surface area contributed by atoms with Crippen molar-refractivity contribution in [3.8, 4) is 0 Å². The van der Waals surface area contributed by atoms with Crippen LogP contribution in [-0.4, -0.2) is 0 Å². The molecule has 1 aromatic carbocycles. The first-order valence-corrected chi connectivity index (χ1v) is 5.17. The molecule has 0 unspecified atom stereocenters. The Hall–Kier alpha value is -1.57. The van der Waals surface area contributed by atoms with Crippen LogP contribution in [0, 0.1) is 13.8 Å². The Morgan fingerprint density at radius 2 is 2.00 bits per heavy atom. The van der Waals surface area contributed by atoms with Crippen LogP contribution in [0.4, 0.5) is 0 Å². The van der Waals surface area contributed by atoms with Crippen LogP contribution >= 0.6 is 0 Å². The van der Waals surface area contributed by atoms with Gasteiger partial charge in [0.1, 0.15) is 11.3 Å². The Kier molecular flexibility index (Phi) is 2.35. The highest BCUT2D eigenvalue weighted by Gasteiger charge is 2.10. The zero-order valence-electron chi connectivity index (χ0n) is 9.26. The maximum atomic E-state index is 12.1. The molecule has 0 radical (unpaired) electrons. The molecule has 0 spiro atoms. The molecule has 0 amide bonds. The van der Waals surface area contributed by atoms with Gasteiger partial charge in [0.25, 0.3) is 0 Å². The van der Waals surface area contributed by atoms with E-state index in [4.69, 9.17) is 4.42 Å². The van der Waals surface area contributed by atoms with Crippen LogP contribution in [0.1, 0.15) is 23.8 Å². The summed E-state index contributed by atoms with van der Waals surface area (Å²) in [6, 6.07) is 5.69. The molecule has 2 nitrogen and oxygen atoms in total. The van der Waals surface area contributed by atoms with E-state index in [9.17, 15) is 4.79 Å². The molecule has 0 aliphatic rings. The lowest BCUT2D eigenvalue weighted by Gasteiger charge is -2.05. The summed E-state index contributed by atoms with van der Waals surface area (Å²) in [7, 11) is 0. The Bertz CT molecular complexity index is 564. The third-order valence-electron chi connectivity index (χ3n) is 2.78. The second-order valence-corrected chi connectivity index (χ2v) is 3.77. The summed E-state index contributed by atoms with van der Waals surface area (Å²) in [5.41, 5.74) is 2.58. The van der Waals surface area contributed by atoms with Gasteiger partial charge in [0.15, 0.2) is 5.43 Å². The highest BCUT2D eigenvalue weighted by molar-refractivity contribution is 5.80. The second kappa shape index (κ2) is 3.54. The summed E-state index contributed by atoms with van der Waals surface area (Å²) < 4.78 is 5.65. The molecule has 0 aliphatic carbocycles. The minimum atomic E-state index is 0.120. The second-order valence-electron chi connectivity index (χ2n) is 3.77. The molecule has 0 fully saturated rings. The molecule has 2 aromatic rings. The summed E-state index contributed by atoms with van der Waals surface area (Å²) in [6.07, 6.45) is 0.721. The molecule has 0 saturated heterocycles. The first-order valence-electron chi connectivity index (χ1n) is 5.17. The number of aryl methyl sites for hydroxylation is 2. The molecule has 15 heavy (non-hydrogen) atoms. The number of hydrogen-bond acceptors (Lipinski definition) is 2. The molecule has 2 rings (SSSR count). The van der Waals surface area contributed by atoms with Gasteiger partial charge in [-0.25, -0.2) is 0 Å². The van der Waals surface area contributed by atoms with Gasteiger partial charge < -0.3 is 4.42 Å². The molecule has 0 atom stereocenters. The number of benzene rings is 1. The van der Waals surface area contributed by atoms with Gasteiger partial charge in [0.2, 0.25) is 0 Å². The van der Waals surface area contributed by atoms with Crippen molar-refractivity contribution in [3.63, 3.8) is 0 Å². The number of hydrogen-bond donors (Lipinski definition) is 0. The van der Waals surface area contributed by atoms with Gasteiger partial charge >= 0.3 is 0 Å². The molecule has 78 valence electrons. The quantitative estimate of drug-likeness (QED) is 0.711. The lowest BCUT2D eigenvalue weighted by atomic mass is 10.1. The smallest absolute Gasteiger partial charge is 0.196 e. The van der Waals surface area contributed by atoms with E-state index in [-0.39, 0.29) is 5.43 Å². The fourth-order valence-corrected chi connectivity index (χ4v) is 1.96. The van der Waals surface area contributed by atoms with E-state index in [1.807, 2.05) is 39.0 Å². The van der Waals surface area contributed by atoms with E-state index >= 15 is 0 Å². The molecule has 0 saturated carbocycles. The summed E-state index contributed by atoms with van der Waals surface area (Å²) >= 11 is 0. The summed E-state index contributed by atoms with van der Waals surface area (Å²) in [5, 5.41) is 0.722. The van der Waals surface area contributed by atoms with Crippen molar-refractivity contribution in [2.45, 2.75) is 27.2 Å². The maximum absolute atomic E-state index is 12.1. The van der Waals surface area contributed by atoms with Gasteiger partial charge in [-0.15, -0.1) is 0 Å². The van der Waals surface area contributed by atoms with E-state index < -0.39 is 0 Å². The van der Waals surface area contributed by atoms with E-state index in [0.717, 1.165) is 28.7 Å². The van der Waals surface area contributed by atoms with Crippen LogP contribution in [0.2, 0.25) is 0 Å². The molecule has 0 aliphatic heterocycles.